The van der Waals surface area contributed by atoms with Crippen molar-refractivity contribution in [1.29, 1.82) is 0 Å². The summed E-state index contributed by atoms with van der Waals surface area (Å²) in [7, 11) is 0. The van der Waals surface area contributed by atoms with E-state index >= 15 is 4.39 Å². The van der Waals surface area contributed by atoms with Gasteiger partial charge in [0.05, 0.1) is 17.6 Å². The zero-order chi connectivity index (χ0) is 26.5. The summed E-state index contributed by atoms with van der Waals surface area (Å²) in [6, 6.07) is 1.24. The van der Waals surface area contributed by atoms with Crippen molar-refractivity contribution in [3.63, 3.8) is 0 Å². The van der Waals surface area contributed by atoms with Gasteiger partial charge in [0.15, 0.2) is 28.9 Å². The minimum atomic E-state index is -1.35. The van der Waals surface area contributed by atoms with Crippen molar-refractivity contribution in [1.82, 2.24) is 14.9 Å². The van der Waals surface area contributed by atoms with E-state index in [0.29, 0.717) is 12.1 Å². The first-order valence-corrected chi connectivity index (χ1v) is 11.2. The number of carbonyl (C=O) groups is 1. The Morgan fingerprint density at radius 1 is 1.03 bits per heavy atom. The molecule has 3 N–H and O–H groups in total. The highest BCUT2D eigenvalue weighted by Gasteiger charge is 2.33. The van der Waals surface area contributed by atoms with Gasteiger partial charge >= 0.3 is 0 Å². The SMILES string of the molecule is CC(C)[C@@H](C)NC(=O)c1cn(-c2c(F)cc(F)cc2F)c2nc(N3C[C@@H](O)[C@@H](O)C3)c(F)cc2c1=O. The van der Waals surface area contributed by atoms with Crippen molar-refractivity contribution in [2.24, 2.45) is 5.92 Å². The average molecular weight is 508 g/mol. The molecule has 0 bridgehead atoms. The van der Waals surface area contributed by atoms with Crippen LogP contribution in [0.2, 0.25) is 0 Å². The summed E-state index contributed by atoms with van der Waals surface area (Å²) in [5, 5.41) is 21.8. The predicted octanol–water partition coefficient (Wildman–Crippen LogP) is 2.26. The zero-order valence-corrected chi connectivity index (χ0v) is 19.6. The molecule has 1 fully saturated rings. The second kappa shape index (κ2) is 9.51. The molecule has 12 heteroatoms. The summed E-state index contributed by atoms with van der Waals surface area (Å²) >= 11 is 0. The molecule has 192 valence electrons. The van der Waals surface area contributed by atoms with Crippen LogP contribution in [0.5, 0.6) is 0 Å². The van der Waals surface area contributed by atoms with Gasteiger partial charge in [0.1, 0.15) is 17.1 Å². The quantitative estimate of drug-likeness (QED) is 0.457. The number of carbonyl (C=O) groups excluding carboxylic acids is 1. The maximum absolute atomic E-state index is 15.1. The van der Waals surface area contributed by atoms with Crippen molar-refractivity contribution < 1.29 is 32.6 Å². The van der Waals surface area contributed by atoms with Crippen LogP contribution < -0.4 is 15.6 Å². The number of hydrogen-bond acceptors (Lipinski definition) is 6. The molecule has 1 saturated heterocycles. The monoisotopic (exact) mass is 508 g/mol. The summed E-state index contributed by atoms with van der Waals surface area (Å²) in [5.41, 5.74) is -2.71. The Balaban J connectivity index is 2.00. The Bertz CT molecular complexity index is 1380. The van der Waals surface area contributed by atoms with Crippen molar-refractivity contribution in [2.75, 3.05) is 18.0 Å². The van der Waals surface area contributed by atoms with Crippen LogP contribution in [0.15, 0.2) is 29.2 Å². The number of fused-ring (bicyclic) bond motifs is 1. The fraction of sp³-hybridized carbons (Fsp3) is 0.375. The van der Waals surface area contributed by atoms with Gasteiger partial charge < -0.3 is 20.4 Å². The number of hydrogen-bond donors (Lipinski definition) is 3. The highest BCUT2D eigenvalue weighted by atomic mass is 19.1. The molecule has 8 nitrogen and oxygen atoms in total. The molecular formula is C24H24F4N4O4. The Morgan fingerprint density at radius 3 is 2.17 bits per heavy atom. The molecule has 0 spiro atoms. The molecule has 1 amide bonds. The van der Waals surface area contributed by atoms with Crippen LogP contribution in [0.3, 0.4) is 0 Å². The molecule has 0 aliphatic carbocycles. The molecule has 1 aromatic carbocycles. The molecule has 3 atom stereocenters. The number of rotatable bonds is 5. The van der Waals surface area contributed by atoms with Crippen LogP contribution >= 0.6 is 0 Å². The van der Waals surface area contributed by atoms with Gasteiger partial charge in [-0.25, -0.2) is 22.5 Å². The van der Waals surface area contributed by atoms with Crippen LogP contribution in [0.25, 0.3) is 16.7 Å². The van der Waals surface area contributed by atoms with E-state index in [4.69, 9.17) is 0 Å². The van der Waals surface area contributed by atoms with Crippen molar-refractivity contribution in [3.05, 3.63) is 63.5 Å². The molecule has 0 saturated carbocycles. The lowest BCUT2D eigenvalue weighted by Crippen LogP contribution is -2.38. The van der Waals surface area contributed by atoms with Crippen LogP contribution in [-0.4, -0.2) is 57.0 Å². The number of anilines is 1. The van der Waals surface area contributed by atoms with E-state index in [9.17, 15) is 33.0 Å². The van der Waals surface area contributed by atoms with Gasteiger partial charge in [-0.1, -0.05) is 13.8 Å². The number of amides is 1. The van der Waals surface area contributed by atoms with Crippen molar-refractivity contribution in [2.45, 2.75) is 39.0 Å². The number of aliphatic hydroxyl groups is 2. The molecular weight excluding hydrogens is 484 g/mol. The number of benzene rings is 1. The average Bonchev–Trinajstić information content (AvgIpc) is 3.12. The number of nitrogens with zero attached hydrogens (tertiary/aromatic N) is 3. The molecule has 1 aliphatic rings. The first-order valence-electron chi connectivity index (χ1n) is 11.2. The summed E-state index contributed by atoms with van der Waals surface area (Å²) in [4.78, 5) is 31.4. The van der Waals surface area contributed by atoms with Gasteiger partial charge in [-0.05, 0) is 18.9 Å². The molecule has 0 unspecified atom stereocenters. The van der Waals surface area contributed by atoms with Gasteiger partial charge in [0, 0.05) is 37.5 Å². The molecule has 3 heterocycles. The fourth-order valence-electron chi connectivity index (χ4n) is 3.93. The molecule has 2 aromatic heterocycles. The smallest absolute Gasteiger partial charge is 0.257 e. The molecule has 36 heavy (non-hydrogen) atoms. The number of aliphatic hydroxyl groups excluding tert-OH is 2. The van der Waals surface area contributed by atoms with E-state index in [1.54, 1.807) is 6.92 Å². The number of pyridine rings is 2. The summed E-state index contributed by atoms with van der Waals surface area (Å²) < 4.78 is 59.0. The van der Waals surface area contributed by atoms with Crippen LogP contribution in [0, 0.1) is 29.2 Å². The number of nitrogens with one attached hydrogen (secondary N) is 1. The van der Waals surface area contributed by atoms with Crippen molar-refractivity contribution in [3.8, 4) is 5.69 Å². The maximum Gasteiger partial charge on any atom is 0.257 e. The van der Waals surface area contributed by atoms with E-state index in [2.05, 4.69) is 10.3 Å². The van der Waals surface area contributed by atoms with Crippen LogP contribution in [-0.2, 0) is 0 Å². The zero-order valence-electron chi connectivity index (χ0n) is 19.6. The first kappa shape index (κ1) is 25.6. The standard InChI is InChI=1S/C24H24F4N4O4/c1-10(2)11(3)29-24(36)14-7-32(20-15(26)4-12(25)5-16(20)27)22-13(21(14)35)6-17(28)23(30-22)31-8-18(33)19(34)9-31/h4-7,10-11,18-19,33-34H,8-9H2,1-3H3,(H,29,36)/t11-,18-,19+/m1/s1. The van der Waals surface area contributed by atoms with E-state index in [1.807, 2.05) is 13.8 Å². The lowest BCUT2D eigenvalue weighted by molar-refractivity contribution is 0.0572. The van der Waals surface area contributed by atoms with E-state index in [0.717, 1.165) is 16.8 Å². The summed E-state index contributed by atoms with van der Waals surface area (Å²) in [5.74, 6) is -6.15. The Morgan fingerprint density at radius 2 is 1.61 bits per heavy atom. The second-order valence-corrected chi connectivity index (χ2v) is 9.17. The van der Waals surface area contributed by atoms with Crippen molar-refractivity contribution >= 4 is 22.8 Å². The van der Waals surface area contributed by atoms with E-state index < -0.39 is 69.1 Å². The van der Waals surface area contributed by atoms with Crippen LogP contribution in [0.4, 0.5) is 23.4 Å². The Labute approximate surface area is 202 Å². The van der Waals surface area contributed by atoms with E-state index in [-0.39, 0.29) is 30.9 Å². The first-order chi connectivity index (χ1) is 16.9. The number of aromatic nitrogens is 2. The minimum absolute atomic E-state index is 0.00329. The highest BCUT2D eigenvalue weighted by Crippen LogP contribution is 2.28. The Kier molecular flexibility index (Phi) is 6.76. The highest BCUT2D eigenvalue weighted by molar-refractivity contribution is 5.97. The lowest BCUT2D eigenvalue weighted by atomic mass is 10.1. The molecule has 4 rings (SSSR count). The van der Waals surface area contributed by atoms with Gasteiger partial charge in [-0.3, -0.25) is 14.2 Å². The lowest BCUT2D eigenvalue weighted by Gasteiger charge is -2.21. The molecule has 1 aliphatic heterocycles. The molecule has 0 radical (unpaired) electrons. The predicted molar refractivity (Wildman–Crippen MR) is 123 cm³/mol. The Hall–Kier alpha value is -3.51. The van der Waals surface area contributed by atoms with Gasteiger partial charge in [-0.15, -0.1) is 0 Å². The minimum Gasteiger partial charge on any atom is -0.389 e. The summed E-state index contributed by atoms with van der Waals surface area (Å²) in [6.07, 6.45) is -1.51. The topological polar surface area (TPSA) is 108 Å². The third-order valence-corrected chi connectivity index (χ3v) is 6.30. The van der Waals surface area contributed by atoms with Crippen LogP contribution in [0.1, 0.15) is 31.1 Å². The summed E-state index contributed by atoms with van der Waals surface area (Å²) in [6.45, 7) is 5.00. The molecule has 3 aromatic rings. The number of halogens is 4. The van der Waals surface area contributed by atoms with Gasteiger partial charge in [-0.2, -0.15) is 0 Å². The van der Waals surface area contributed by atoms with Gasteiger partial charge in [0.25, 0.3) is 5.91 Å². The number of β-amino-alcohol motifs (C(OH)–C–C–N with tert-alkyl or cyclic N) is 2. The second-order valence-electron chi connectivity index (χ2n) is 9.17. The normalized spacial score (nSPS) is 18.8. The van der Waals surface area contributed by atoms with E-state index in [1.165, 1.54) is 4.90 Å². The fourth-order valence-corrected chi connectivity index (χ4v) is 3.93. The third-order valence-electron chi connectivity index (χ3n) is 6.30. The maximum atomic E-state index is 15.1. The largest absolute Gasteiger partial charge is 0.389 e. The van der Waals surface area contributed by atoms with Gasteiger partial charge in [0.2, 0.25) is 5.43 Å². The third kappa shape index (κ3) is 4.53.